The lowest BCUT2D eigenvalue weighted by Gasteiger charge is -2.06. The molecule has 1 aromatic carbocycles. The number of nitro groups is 1. The largest absolute Gasteiger partial charge is 0.490 e. The monoisotopic (exact) mass is 261 g/mol. The van der Waals surface area contributed by atoms with Gasteiger partial charge in [-0.2, -0.15) is 4.39 Å². The minimum atomic E-state index is -1.22. The summed E-state index contributed by atoms with van der Waals surface area (Å²) in [6, 6.07) is 0.960. The molecule has 0 radical (unpaired) electrons. The Morgan fingerprint density at radius 3 is 2.67 bits per heavy atom. The fourth-order valence-corrected chi connectivity index (χ4v) is 1.09. The van der Waals surface area contributed by atoms with Crippen LogP contribution in [0.4, 0.5) is 14.5 Å². The van der Waals surface area contributed by atoms with Crippen LogP contribution in [0.2, 0.25) is 0 Å². The molecule has 7 nitrogen and oxygen atoms in total. The van der Waals surface area contributed by atoms with Crippen molar-refractivity contribution in [1.82, 2.24) is 5.43 Å². The first-order chi connectivity index (χ1) is 8.45. The first-order valence-corrected chi connectivity index (χ1v) is 4.71. The molecule has 9 heteroatoms. The molecule has 1 rings (SSSR count). The number of nitrogens with zero attached hydrogens (tertiary/aromatic N) is 1. The average Bonchev–Trinajstić information content (AvgIpc) is 2.32. The lowest BCUT2D eigenvalue weighted by Crippen LogP contribution is -2.31. The summed E-state index contributed by atoms with van der Waals surface area (Å²) in [6.07, 6.45) is -0.158. The number of amides is 1. The first kappa shape index (κ1) is 13.8. The van der Waals surface area contributed by atoms with Gasteiger partial charge in [0.2, 0.25) is 11.7 Å². The Labute approximate surface area is 99.6 Å². The third-order valence-electron chi connectivity index (χ3n) is 1.95. The summed E-state index contributed by atoms with van der Waals surface area (Å²) < 4.78 is 31.2. The molecule has 0 aliphatic heterocycles. The molecule has 98 valence electrons. The van der Waals surface area contributed by atoms with Gasteiger partial charge in [0.05, 0.1) is 24.0 Å². The maximum absolute atomic E-state index is 13.3. The van der Waals surface area contributed by atoms with Crippen LogP contribution in [0.1, 0.15) is 6.42 Å². The molecule has 0 bridgehead atoms. The summed E-state index contributed by atoms with van der Waals surface area (Å²) >= 11 is 0. The van der Waals surface area contributed by atoms with Crippen molar-refractivity contribution in [3.05, 3.63) is 33.9 Å². The molecular weight excluding hydrogens is 252 g/mol. The van der Waals surface area contributed by atoms with Crippen molar-refractivity contribution in [3.63, 3.8) is 0 Å². The zero-order chi connectivity index (χ0) is 13.7. The topological polar surface area (TPSA) is 107 Å². The van der Waals surface area contributed by atoms with Gasteiger partial charge in [-0.05, 0) is 0 Å². The van der Waals surface area contributed by atoms with E-state index in [1.807, 2.05) is 5.43 Å². The summed E-state index contributed by atoms with van der Waals surface area (Å²) in [5.74, 6) is 1.43. The summed E-state index contributed by atoms with van der Waals surface area (Å²) in [4.78, 5) is 20.0. The smallest absolute Gasteiger partial charge is 0.307 e. The minimum Gasteiger partial charge on any atom is -0.490 e. The molecule has 0 fully saturated rings. The van der Waals surface area contributed by atoms with Crippen molar-refractivity contribution >= 4 is 11.6 Å². The van der Waals surface area contributed by atoms with Gasteiger partial charge >= 0.3 is 5.69 Å². The number of benzene rings is 1. The molecule has 0 aromatic heterocycles. The van der Waals surface area contributed by atoms with Crippen molar-refractivity contribution < 1.29 is 23.2 Å². The van der Waals surface area contributed by atoms with E-state index in [-0.39, 0.29) is 13.0 Å². The van der Waals surface area contributed by atoms with Crippen LogP contribution >= 0.6 is 0 Å². The van der Waals surface area contributed by atoms with Crippen LogP contribution < -0.4 is 16.0 Å². The van der Waals surface area contributed by atoms with E-state index < -0.39 is 33.9 Å². The van der Waals surface area contributed by atoms with Gasteiger partial charge in [-0.15, -0.1) is 0 Å². The summed E-state index contributed by atoms with van der Waals surface area (Å²) in [7, 11) is 0. The molecule has 0 aliphatic carbocycles. The number of hydrazine groups is 1. The van der Waals surface area contributed by atoms with Gasteiger partial charge < -0.3 is 4.74 Å². The van der Waals surface area contributed by atoms with Crippen molar-refractivity contribution in [2.45, 2.75) is 6.42 Å². The van der Waals surface area contributed by atoms with Gasteiger partial charge in [0.25, 0.3) is 0 Å². The maximum Gasteiger partial charge on any atom is 0.307 e. The van der Waals surface area contributed by atoms with E-state index in [4.69, 9.17) is 10.6 Å². The van der Waals surface area contributed by atoms with Crippen LogP contribution in [0, 0.1) is 21.7 Å². The van der Waals surface area contributed by atoms with Gasteiger partial charge in [-0.3, -0.25) is 20.3 Å². The van der Waals surface area contributed by atoms with Crippen LogP contribution in [0.25, 0.3) is 0 Å². The Morgan fingerprint density at radius 1 is 1.44 bits per heavy atom. The lowest BCUT2D eigenvalue weighted by molar-refractivity contribution is -0.387. The molecule has 0 spiro atoms. The average molecular weight is 261 g/mol. The molecule has 18 heavy (non-hydrogen) atoms. The van der Waals surface area contributed by atoms with Crippen molar-refractivity contribution in [2.24, 2.45) is 5.84 Å². The number of rotatable bonds is 5. The molecule has 0 saturated carbocycles. The Morgan fingerprint density at radius 2 is 2.11 bits per heavy atom. The van der Waals surface area contributed by atoms with E-state index in [0.717, 1.165) is 0 Å². The fourth-order valence-electron chi connectivity index (χ4n) is 1.09. The Bertz CT molecular complexity index is 481. The second-order valence-electron chi connectivity index (χ2n) is 3.16. The molecule has 1 aromatic rings. The third-order valence-corrected chi connectivity index (χ3v) is 1.95. The number of nitrogens with two attached hydrogens (primary N) is 1. The summed E-state index contributed by atoms with van der Waals surface area (Å²) in [5.41, 5.74) is 0.839. The third kappa shape index (κ3) is 3.35. The Hall–Kier alpha value is -2.29. The second-order valence-corrected chi connectivity index (χ2v) is 3.16. The van der Waals surface area contributed by atoms with Gasteiger partial charge in [-0.1, -0.05) is 0 Å². The highest BCUT2D eigenvalue weighted by Crippen LogP contribution is 2.26. The van der Waals surface area contributed by atoms with Crippen LogP contribution in [0.3, 0.4) is 0 Å². The van der Waals surface area contributed by atoms with Crippen molar-refractivity contribution in [2.75, 3.05) is 6.61 Å². The van der Waals surface area contributed by atoms with Crippen molar-refractivity contribution in [1.29, 1.82) is 0 Å². The number of ether oxygens (including phenoxy) is 1. The minimum absolute atomic E-state index is 0.158. The van der Waals surface area contributed by atoms with Gasteiger partial charge in [-0.25, -0.2) is 10.2 Å². The van der Waals surface area contributed by atoms with Crippen LogP contribution in [0.5, 0.6) is 5.75 Å². The Balaban J connectivity index is 2.76. The molecule has 0 atom stereocenters. The number of nitro benzene ring substituents is 1. The van der Waals surface area contributed by atoms with E-state index in [2.05, 4.69) is 0 Å². The van der Waals surface area contributed by atoms with Crippen LogP contribution in [-0.2, 0) is 4.79 Å². The number of hydrogen-bond acceptors (Lipinski definition) is 5. The van der Waals surface area contributed by atoms with E-state index in [1.54, 1.807) is 0 Å². The molecule has 0 heterocycles. The molecular formula is C9H9F2N3O4. The zero-order valence-electron chi connectivity index (χ0n) is 8.98. The van der Waals surface area contributed by atoms with E-state index in [0.29, 0.717) is 12.1 Å². The summed E-state index contributed by atoms with van der Waals surface area (Å²) in [5, 5.41) is 10.3. The van der Waals surface area contributed by atoms with Gasteiger partial charge in [0.15, 0.2) is 11.6 Å². The highest BCUT2D eigenvalue weighted by molar-refractivity contribution is 5.75. The predicted molar refractivity (Wildman–Crippen MR) is 55.5 cm³/mol. The maximum atomic E-state index is 13.3. The molecule has 3 N–H and O–H groups in total. The van der Waals surface area contributed by atoms with E-state index in [9.17, 15) is 23.7 Å². The predicted octanol–water partition coefficient (Wildman–Crippen LogP) is 0.632. The summed E-state index contributed by atoms with van der Waals surface area (Å²) in [6.45, 7) is -0.239. The molecule has 0 saturated heterocycles. The normalized spacial score (nSPS) is 9.94. The fraction of sp³-hybridized carbons (Fsp3) is 0.222. The Kier molecular flexibility index (Phi) is 4.49. The molecule has 0 aliphatic rings. The first-order valence-electron chi connectivity index (χ1n) is 4.71. The lowest BCUT2D eigenvalue weighted by atomic mass is 10.3. The SMILES string of the molecule is NNC(=O)CCOc1cc(F)c([N+](=O)[O-])cc1F. The second kappa shape index (κ2) is 5.87. The van der Waals surface area contributed by atoms with E-state index in [1.165, 1.54) is 0 Å². The zero-order valence-corrected chi connectivity index (χ0v) is 8.98. The number of carbonyl (C=O) groups excluding carboxylic acids is 1. The van der Waals surface area contributed by atoms with Gasteiger partial charge in [0.1, 0.15) is 0 Å². The highest BCUT2D eigenvalue weighted by Gasteiger charge is 2.19. The molecule has 0 unspecified atom stereocenters. The number of nitrogens with one attached hydrogen (secondary N) is 1. The number of carbonyl (C=O) groups is 1. The molecule has 1 amide bonds. The van der Waals surface area contributed by atoms with Crippen LogP contribution in [0.15, 0.2) is 12.1 Å². The van der Waals surface area contributed by atoms with Crippen molar-refractivity contribution in [3.8, 4) is 5.75 Å². The number of halogens is 2. The van der Waals surface area contributed by atoms with E-state index >= 15 is 0 Å². The van der Waals surface area contributed by atoms with Gasteiger partial charge in [0, 0.05) is 6.07 Å². The van der Waals surface area contributed by atoms with Crippen LogP contribution in [-0.4, -0.2) is 17.4 Å². The quantitative estimate of drug-likeness (QED) is 0.350. The number of hydrogen-bond donors (Lipinski definition) is 2. The standard InChI is InChI=1S/C9H9F2N3O4/c10-5-4-8(18-2-1-9(15)13-12)6(11)3-7(5)14(16)17/h3-4H,1-2,12H2,(H,13,15). The highest BCUT2D eigenvalue weighted by atomic mass is 19.1.